The number of nitrogens with zero attached hydrogens (tertiary/aromatic N) is 3. The van der Waals surface area contributed by atoms with Crippen molar-refractivity contribution < 1.29 is 19.1 Å². The smallest absolute Gasteiger partial charge is 0.249 e. The summed E-state index contributed by atoms with van der Waals surface area (Å²) in [5.41, 5.74) is 0.684. The lowest BCUT2D eigenvalue weighted by molar-refractivity contribution is -0.125. The highest BCUT2D eigenvalue weighted by Gasteiger charge is 2.33. The molecule has 2 aromatic carbocycles. The number of carbonyl (C=O) groups excluding carboxylic acids is 2. The predicted octanol–water partition coefficient (Wildman–Crippen LogP) is 2.12. The van der Waals surface area contributed by atoms with Crippen molar-refractivity contribution in [2.45, 2.75) is 19.1 Å². The third-order valence-corrected chi connectivity index (χ3v) is 4.61. The van der Waals surface area contributed by atoms with E-state index >= 15 is 0 Å². The van der Waals surface area contributed by atoms with E-state index in [2.05, 4.69) is 20.7 Å². The molecular formula is C20H21N5O4. The zero-order valence-electron chi connectivity index (χ0n) is 15.9. The van der Waals surface area contributed by atoms with Gasteiger partial charge in [-0.2, -0.15) is 10.1 Å². The van der Waals surface area contributed by atoms with Crippen LogP contribution >= 0.6 is 0 Å². The molecule has 1 aromatic heterocycles. The van der Waals surface area contributed by atoms with Crippen LogP contribution in [0.2, 0.25) is 0 Å². The lowest BCUT2D eigenvalue weighted by atomic mass is 10.1. The second kappa shape index (κ2) is 8.38. The fourth-order valence-electron chi connectivity index (χ4n) is 3.23. The van der Waals surface area contributed by atoms with E-state index < -0.39 is 6.04 Å². The number of rotatable bonds is 7. The summed E-state index contributed by atoms with van der Waals surface area (Å²) >= 11 is 0. The highest BCUT2D eigenvalue weighted by molar-refractivity contribution is 6.05. The highest BCUT2D eigenvalue weighted by atomic mass is 16.5. The van der Waals surface area contributed by atoms with Crippen LogP contribution in [-0.2, 0) is 25.7 Å². The lowest BCUT2D eigenvalue weighted by Crippen LogP contribution is -2.36. The molecular weight excluding hydrogens is 374 g/mol. The van der Waals surface area contributed by atoms with Crippen molar-refractivity contribution in [3.05, 3.63) is 48.3 Å². The van der Waals surface area contributed by atoms with E-state index in [0.717, 1.165) is 10.8 Å². The number of amides is 2. The van der Waals surface area contributed by atoms with Gasteiger partial charge in [0, 0.05) is 18.2 Å². The van der Waals surface area contributed by atoms with Gasteiger partial charge in [0.1, 0.15) is 12.6 Å². The van der Waals surface area contributed by atoms with Crippen molar-refractivity contribution in [3.8, 4) is 0 Å². The first-order valence-corrected chi connectivity index (χ1v) is 9.26. The van der Waals surface area contributed by atoms with Crippen LogP contribution in [-0.4, -0.2) is 46.9 Å². The summed E-state index contributed by atoms with van der Waals surface area (Å²) in [7, 11) is 1.59. The summed E-state index contributed by atoms with van der Waals surface area (Å²) in [6, 6.07) is 12.7. The van der Waals surface area contributed by atoms with E-state index in [9.17, 15) is 9.59 Å². The number of anilines is 2. The second-order valence-electron chi connectivity index (χ2n) is 6.63. The topological polar surface area (TPSA) is 107 Å². The molecule has 0 aliphatic carbocycles. The van der Waals surface area contributed by atoms with E-state index in [1.165, 1.54) is 4.68 Å². The molecule has 0 spiro atoms. The fraction of sp³-hybridized carbons (Fsp3) is 0.300. The molecule has 0 saturated heterocycles. The third-order valence-electron chi connectivity index (χ3n) is 4.61. The van der Waals surface area contributed by atoms with E-state index in [-0.39, 0.29) is 30.8 Å². The molecule has 1 aliphatic heterocycles. The second-order valence-corrected chi connectivity index (χ2v) is 6.63. The number of hydrogen-bond acceptors (Lipinski definition) is 6. The van der Waals surface area contributed by atoms with Crippen LogP contribution in [0.5, 0.6) is 0 Å². The van der Waals surface area contributed by atoms with Crippen molar-refractivity contribution in [3.63, 3.8) is 0 Å². The molecule has 9 heteroatoms. The van der Waals surface area contributed by atoms with Gasteiger partial charge in [-0.1, -0.05) is 36.4 Å². The van der Waals surface area contributed by atoms with Gasteiger partial charge in [0.05, 0.1) is 19.6 Å². The van der Waals surface area contributed by atoms with Crippen LogP contribution in [0.3, 0.4) is 0 Å². The highest BCUT2D eigenvalue weighted by Crippen LogP contribution is 2.27. The Balaban J connectivity index is 1.54. The summed E-state index contributed by atoms with van der Waals surface area (Å²) in [5.74, 6) is 0.0231. The molecule has 29 heavy (non-hydrogen) atoms. The van der Waals surface area contributed by atoms with Crippen molar-refractivity contribution >= 4 is 34.2 Å². The molecule has 0 bridgehead atoms. The molecule has 0 saturated carbocycles. The number of nitrogens with one attached hydrogen (secondary N) is 2. The number of fused-ring (bicyclic) bond motifs is 2. The SMILES string of the molecule is COCCOCc1nc2n(n1)C(C(=O)Nc1cccc3ccccc13)CC(=O)N2. The van der Waals surface area contributed by atoms with Crippen LogP contribution in [0, 0.1) is 0 Å². The Labute approximate surface area is 167 Å². The third kappa shape index (κ3) is 4.10. The predicted molar refractivity (Wildman–Crippen MR) is 106 cm³/mol. The number of benzene rings is 2. The molecule has 1 unspecified atom stereocenters. The van der Waals surface area contributed by atoms with Gasteiger partial charge >= 0.3 is 0 Å². The number of methoxy groups -OCH3 is 1. The first kappa shape index (κ1) is 19.0. The first-order valence-electron chi connectivity index (χ1n) is 9.26. The number of aromatic nitrogens is 3. The van der Waals surface area contributed by atoms with Gasteiger partial charge in [0.2, 0.25) is 17.8 Å². The molecule has 9 nitrogen and oxygen atoms in total. The van der Waals surface area contributed by atoms with E-state index in [4.69, 9.17) is 9.47 Å². The molecule has 1 atom stereocenters. The standard InChI is InChI=1S/C20H21N5O4/c1-28-9-10-29-12-17-22-20-23-18(26)11-16(25(20)24-17)19(27)21-15-8-4-6-13-5-2-3-7-14(13)15/h2-8,16H,9-12H2,1H3,(H,21,27)(H,22,23,24,26). The van der Waals surface area contributed by atoms with Crippen LogP contribution in [0.1, 0.15) is 18.3 Å². The van der Waals surface area contributed by atoms with Crippen LogP contribution in [0.15, 0.2) is 42.5 Å². The van der Waals surface area contributed by atoms with Crippen molar-refractivity contribution in [2.24, 2.45) is 0 Å². The van der Waals surface area contributed by atoms with Crippen LogP contribution in [0.25, 0.3) is 10.8 Å². The Morgan fingerprint density at radius 2 is 2.07 bits per heavy atom. The van der Waals surface area contributed by atoms with E-state index in [1.807, 2.05) is 42.5 Å². The molecule has 3 aromatic rings. The zero-order valence-corrected chi connectivity index (χ0v) is 15.9. The molecule has 2 N–H and O–H groups in total. The maximum absolute atomic E-state index is 13.0. The fourth-order valence-corrected chi connectivity index (χ4v) is 3.23. The Morgan fingerprint density at radius 3 is 2.93 bits per heavy atom. The zero-order chi connectivity index (χ0) is 20.2. The van der Waals surface area contributed by atoms with Crippen molar-refractivity contribution in [1.29, 1.82) is 0 Å². The lowest BCUT2D eigenvalue weighted by Gasteiger charge is -2.22. The largest absolute Gasteiger partial charge is 0.382 e. The summed E-state index contributed by atoms with van der Waals surface area (Å²) in [6.07, 6.45) is -0.0169. The molecule has 1 aliphatic rings. The minimum atomic E-state index is -0.794. The molecule has 2 heterocycles. The first-order chi connectivity index (χ1) is 14.2. The monoisotopic (exact) mass is 395 g/mol. The van der Waals surface area contributed by atoms with Gasteiger partial charge in [0.15, 0.2) is 5.82 Å². The summed E-state index contributed by atoms with van der Waals surface area (Å²) in [4.78, 5) is 29.4. The van der Waals surface area contributed by atoms with E-state index in [1.54, 1.807) is 7.11 Å². The van der Waals surface area contributed by atoms with Gasteiger partial charge in [-0.3, -0.25) is 14.9 Å². The molecule has 150 valence electrons. The van der Waals surface area contributed by atoms with Crippen LogP contribution < -0.4 is 10.6 Å². The molecule has 0 fully saturated rings. The van der Waals surface area contributed by atoms with Crippen LogP contribution in [0.4, 0.5) is 11.6 Å². The molecule has 4 rings (SSSR count). The Morgan fingerprint density at radius 1 is 1.24 bits per heavy atom. The summed E-state index contributed by atoms with van der Waals surface area (Å²) in [6.45, 7) is 1.02. The van der Waals surface area contributed by atoms with Gasteiger partial charge in [-0.25, -0.2) is 4.68 Å². The minimum absolute atomic E-state index is 0.0169. The quantitative estimate of drug-likeness (QED) is 0.594. The van der Waals surface area contributed by atoms with Crippen molar-refractivity contribution in [1.82, 2.24) is 14.8 Å². The average molecular weight is 395 g/mol. The summed E-state index contributed by atoms with van der Waals surface area (Å²) in [5, 5.41) is 11.9. The maximum atomic E-state index is 13.0. The normalized spacial score (nSPS) is 15.8. The van der Waals surface area contributed by atoms with E-state index in [0.29, 0.717) is 24.7 Å². The number of carbonyl (C=O) groups is 2. The van der Waals surface area contributed by atoms with Gasteiger partial charge in [-0.15, -0.1) is 0 Å². The number of hydrogen-bond donors (Lipinski definition) is 2. The minimum Gasteiger partial charge on any atom is -0.382 e. The number of ether oxygens (including phenoxy) is 2. The summed E-state index contributed by atoms with van der Waals surface area (Å²) < 4.78 is 11.8. The van der Waals surface area contributed by atoms with Gasteiger partial charge < -0.3 is 14.8 Å². The molecule has 2 amide bonds. The molecule has 0 radical (unpaired) electrons. The Kier molecular flexibility index (Phi) is 5.50. The Bertz CT molecular complexity index is 1040. The maximum Gasteiger partial charge on any atom is 0.249 e. The Hall–Kier alpha value is -3.30. The average Bonchev–Trinajstić information content (AvgIpc) is 3.13. The van der Waals surface area contributed by atoms with Gasteiger partial charge in [0.25, 0.3) is 0 Å². The van der Waals surface area contributed by atoms with Crippen molar-refractivity contribution in [2.75, 3.05) is 31.0 Å². The van der Waals surface area contributed by atoms with Gasteiger partial charge in [-0.05, 0) is 11.5 Å².